The van der Waals surface area contributed by atoms with Crippen molar-refractivity contribution < 1.29 is 0 Å². The van der Waals surface area contributed by atoms with Crippen molar-refractivity contribution in [2.75, 3.05) is 10.2 Å². The monoisotopic (exact) mass is 289 g/mol. The second-order valence-electron chi connectivity index (χ2n) is 3.94. The Bertz CT molecular complexity index is 541. The largest absolute Gasteiger partial charge is 0.738 e. The summed E-state index contributed by atoms with van der Waals surface area (Å²) in [6.07, 6.45) is 0. The van der Waals surface area contributed by atoms with Crippen molar-refractivity contribution in [3.8, 4) is 0 Å². The van der Waals surface area contributed by atoms with E-state index in [9.17, 15) is 5.21 Å². The van der Waals surface area contributed by atoms with Crippen LogP contribution in [0, 0.1) is 5.21 Å². The van der Waals surface area contributed by atoms with Crippen LogP contribution in [0.3, 0.4) is 0 Å². The van der Waals surface area contributed by atoms with Crippen molar-refractivity contribution in [1.29, 1.82) is 0 Å². The summed E-state index contributed by atoms with van der Waals surface area (Å²) >= 11 is 3.39. The van der Waals surface area contributed by atoms with Crippen LogP contribution < -0.4 is 10.2 Å². The first-order chi connectivity index (χ1) is 8.25. The maximum atomic E-state index is 12.1. The van der Waals surface area contributed by atoms with Crippen LogP contribution in [0.2, 0.25) is 0 Å². The Morgan fingerprint density at radius 3 is 2.41 bits per heavy atom. The van der Waals surface area contributed by atoms with Gasteiger partial charge in [-0.25, -0.2) is 0 Å². The van der Waals surface area contributed by atoms with Crippen LogP contribution in [0.5, 0.6) is 0 Å². The van der Waals surface area contributed by atoms with Crippen LogP contribution in [0.4, 0.5) is 11.4 Å². The minimum atomic E-state index is 0.626. The van der Waals surface area contributed by atoms with Crippen molar-refractivity contribution >= 4 is 27.3 Å². The Hall–Kier alpha value is -1.52. The lowest BCUT2D eigenvalue weighted by atomic mass is 10.2. The molecule has 0 saturated heterocycles. The predicted molar refractivity (Wildman–Crippen MR) is 72.6 cm³/mol. The number of hydrogen-bond acceptors (Lipinski definition) is 3. The lowest BCUT2D eigenvalue weighted by Gasteiger charge is -2.37. The van der Waals surface area contributed by atoms with E-state index in [1.54, 1.807) is 5.01 Å². The molecule has 0 aliphatic carbocycles. The summed E-state index contributed by atoms with van der Waals surface area (Å²) < 4.78 is 1.01. The Morgan fingerprint density at radius 1 is 1.00 bits per heavy atom. The summed E-state index contributed by atoms with van der Waals surface area (Å²) in [4.78, 5) is 0. The lowest BCUT2D eigenvalue weighted by molar-refractivity contribution is 0.874. The third kappa shape index (κ3) is 1.79. The molecule has 1 heterocycles. The van der Waals surface area contributed by atoms with Gasteiger partial charge in [0, 0.05) is 4.47 Å². The van der Waals surface area contributed by atoms with Crippen LogP contribution in [-0.4, -0.2) is 0 Å². The maximum absolute atomic E-state index is 12.1. The Balaban J connectivity index is 1.96. The van der Waals surface area contributed by atoms with Crippen LogP contribution >= 0.6 is 15.9 Å². The van der Waals surface area contributed by atoms with Crippen molar-refractivity contribution in [2.24, 2.45) is 0 Å². The second-order valence-corrected chi connectivity index (χ2v) is 4.85. The van der Waals surface area contributed by atoms with E-state index >= 15 is 0 Å². The van der Waals surface area contributed by atoms with E-state index in [2.05, 4.69) is 15.9 Å². The normalized spacial score (nSPS) is 14.0. The van der Waals surface area contributed by atoms with Gasteiger partial charge in [0.1, 0.15) is 0 Å². The van der Waals surface area contributed by atoms with E-state index in [0.717, 1.165) is 26.6 Å². The molecule has 0 unspecified atom stereocenters. The number of fused-ring (bicyclic) bond motifs is 1. The molecule has 2 aromatic rings. The van der Waals surface area contributed by atoms with Crippen LogP contribution in [0.1, 0.15) is 5.56 Å². The highest BCUT2D eigenvalue weighted by Crippen LogP contribution is 2.34. The molecule has 3 nitrogen and oxygen atoms in total. The molecule has 0 fully saturated rings. The molecule has 0 amide bonds. The van der Waals surface area contributed by atoms with Gasteiger partial charge < -0.3 is 10.4 Å². The molecule has 0 N–H and O–H groups in total. The third-order valence-corrected chi connectivity index (χ3v) is 3.39. The van der Waals surface area contributed by atoms with Crippen molar-refractivity contribution in [2.45, 2.75) is 6.54 Å². The summed E-state index contributed by atoms with van der Waals surface area (Å²) in [6.45, 7) is 0.626. The highest BCUT2D eigenvalue weighted by molar-refractivity contribution is 9.10. The summed E-state index contributed by atoms with van der Waals surface area (Å²) in [5.74, 6) is 0. The molecule has 3 rings (SSSR count). The zero-order valence-electron chi connectivity index (χ0n) is 9.01. The van der Waals surface area contributed by atoms with Gasteiger partial charge in [-0.2, -0.15) is 0 Å². The molecule has 0 radical (unpaired) electrons. The first kappa shape index (κ1) is 10.6. The summed E-state index contributed by atoms with van der Waals surface area (Å²) in [5, 5.41) is 14.8. The molecule has 1 aliphatic heterocycles. The van der Waals surface area contributed by atoms with Gasteiger partial charge in [-0.1, -0.05) is 34.1 Å². The summed E-state index contributed by atoms with van der Waals surface area (Å²) in [7, 11) is 0. The molecule has 4 heteroatoms. The minimum absolute atomic E-state index is 0.626. The maximum Gasteiger partial charge on any atom is 0.0658 e. The zero-order chi connectivity index (χ0) is 11.8. The molecule has 17 heavy (non-hydrogen) atoms. The van der Waals surface area contributed by atoms with Crippen molar-refractivity contribution in [3.63, 3.8) is 0 Å². The predicted octanol–water partition coefficient (Wildman–Crippen LogP) is 3.69. The molecule has 0 aromatic heterocycles. The fraction of sp³-hybridized carbons (Fsp3) is 0.0769. The van der Waals surface area contributed by atoms with E-state index < -0.39 is 0 Å². The fourth-order valence-corrected chi connectivity index (χ4v) is 2.26. The van der Waals surface area contributed by atoms with Gasteiger partial charge in [-0.3, -0.25) is 5.01 Å². The van der Waals surface area contributed by atoms with E-state index in [1.165, 1.54) is 0 Å². The SMILES string of the molecule is [O-]N1c2ccccc2CN1c1ccc(Br)cc1. The van der Waals surface area contributed by atoms with Crippen LogP contribution in [-0.2, 0) is 6.54 Å². The number of para-hydroxylation sites is 1. The highest BCUT2D eigenvalue weighted by atomic mass is 79.9. The number of halogens is 1. The molecule has 86 valence electrons. The van der Waals surface area contributed by atoms with Gasteiger partial charge in [0.25, 0.3) is 0 Å². The molecule has 0 bridgehead atoms. The summed E-state index contributed by atoms with van der Waals surface area (Å²) in [5.41, 5.74) is 2.69. The minimum Gasteiger partial charge on any atom is -0.738 e. The Labute approximate surface area is 108 Å². The Morgan fingerprint density at radius 2 is 1.71 bits per heavy atom. The van der Waals surface area contributed by atoms with Crippen molar-refractivity contribution in [1.82, 2.24) is 0 Å². The van der Waals surface area contributed by atoms with Gasteiger partial charge >= 0.3 is 0 Å². The lowest BCUT2D eigenvalue weighted by Crippen LogP contribution is -2.32. The fourth-order valence-electron chi connectivity index (χ4n) is 2.00. The van der Waals surface area contributed by atoms with Gasteiger partial charge in [-0.05, 0) is 35.9 Å². The summed E-state index contributed by atoms with van der Waals surface area (Å²) in [6, 6.07) is 15.4. The second kappa shape index (κ2) is 4.05. The first-order valence-electron chi connectivity index (χ1n) is 5.34. The van der Waals surface area contributed by atoms with Crippen LogP contribution in [0.15, 0.2) is 53.0 Å². The van der Waals surface area contributed by atoms with E-state index in [1.807, 2.05) is 48.5 Å². The molecule has 1 aliphatic rings. The average Bonchev–Trinajstić information content (AvgIpc) is 2.69. The topological polar surface area (TPSA) is 29.5 Å². The molecule has 0 spiro atoms. The zero-order valence-corrected chi connectivity index (χ0v) is 10.6. The number of benzene rings is 2. The van der Waals surface area contributed by atoms with Gasteiger partial charge in [0.15, 0.2) is 0 Å². The number of nitrogens with zero attached hydrogens (tertiary/aromatic N) is 2. The Kier molecular flexibility index (Phi) is 2.53. The average molecular weight is 290 g/mol. The number of hydrazine groups is 1. The first-order valence-corrected chi connectivity index (χ1v) is 6.13. The molecule has 0 saturated carbocycles. The van der Waals surface area contributed by atoms with Gasteiger partial charge in [-0.15, -0.1) is 0 Å². The molecule has 0 atom stereocenters. The van der Waals surface area contributed by atoms with Crippen LogP contribution in [0.25, 0.3) is 0 Å². The standard InChI is InChI=1S/C13H10BrN2O/c14-11-5-7-12(8-6-11)15-9-10-3-1-2-4-13(10)16(15)17/h1-8H,9H2/q-1. The van der Waals surface area contributed by atoms with Gasteiger partial charge in [0.2, 0.25) is 0 Å². The van der Waals surface area contributed by atoms with Gasteiger partial charge in [0.05, 0.1) is 17.9 Å². The highest BCUT2D eigenvalue weighted by Gasteiger charge is 2.20. The van der Waals surface area contributed by atoms with E-state index in [0.29, 0.717) is 6.54 Å². The quantitative estimate of drug-likeness (QED) is 0.802. The number of rotatable bonds is 1. The van der Waals surface area contributed by atoms with Crippen molar-refractivity contribution in [3.05, 3.63) is 63.8 Å². The molecular weight excluding hydrogens is 280 g/mol. The van der Waals surface area contributed by atoms with E-state index in [4.69, 9.17) is 0 Å². The molecule has 2 aromatic carbocycles. The number of anilines is 2. The smallest absolute Gasteiger partial charge is 0.0658 e. The molecular formula is C13H10BrN2O-. The third-order valence-electron chi connectivity index (χ3n) is 2.86. The van der Waals surface area contributed by atoms with E-state index in [-0.39, 0.29) is 0 Å². The number of hydrogen-bond donors (Lipinski definition) is 0.